The molecule has 0 bridgehead atoms. The van der Waals surface area contributed by atoms with Crippen molar-refractivity contribution < 1.29 is 9.53 Å². The first-order valence-corrected chi connectivity index (χ1v) is 6.26. The Kier molecular flexibility index (Phi) is 3.57. The number of amides is 1. The predicted molar refractivity (Wildman–Crippen MR) is 70.6 cm³/mol. The lowest BCUT2D eigenvalue weighted by atomic mass is 9.94. The molecule has 0 saturated carbocycles. The van der Waals surface area contributed by atoms with Crippen molar-refractivity contribution in [3.8, 4) is 5.75 Å². The van der Waals surface area contributed by atoms with E-state index in [1.54, 1.807) is 0 Å². The molecular formula is C14H20N2O2. The van der Waals surface area contributed by atoms with Crippen LogP contribution in [0.1, 0.15) is 32.4 Å². The number of para-hydroxylation sites is 1. The van der Waals surface area contributed by atoms with Gasteiger partial charge in [0.25, 0.3) is 0 Å². The molecule has 0 radical (unpaired) electrons. The molecule has 1 atom stereocenters. The Hall–Kier alpha value is -1.55. The lowest BCUT2D eigenvalue weighted by Gasteiger charge is -2.27. The molecule has 1 aromatic rings. The molecule has 1 aliphatic heterocycles. The maximum absolute atomic E-state index is 10.8. The van der Waals surface area contributed by atoms with Crippen LogP contribution < -0.4 is 15.4 Å². The van der Waals surface area contributed by atoms with Crippen molar-refractivity contribution in [2.75, 3.05) is 13.1 Å². The van der Waals surface area contributed by atoms with Crippen LogP contribution in [0.5, 0.6) is 5.75 Å². The van der Waals surface area contributed by atoms with E-state index in [4.69, 9.17) is 4.74 Å². The van der Waals surface area contributed by atoms with Crippen LogP contribution >= 0.6 is 0 Å². The molecule has 98 valence electrons. The zero-order valence-electron chi connectivity index (χ0n) is 11.1. The van der Waals surface area contributed by atoms with Crippen LogP contribution in [-0.4, -0.2) is 24.6 Å². The van der Waals surface area contributed by atoms with Crippen molar-refractivity contribution in [3.63, 3.8) is 0 Å². The molecular weight excluding hydrogens is 228 g/mol. The smallest absolute Gasteiger partial charge is 0.216 e. The molecule has 1 aromatic carbocycles. The van der Waals surface area contributed by atoms with Gasteiger partial charge in [0.15, 0.2) is 0 Å². The lowest BCUT2D eigenvalue weighted by Crippen LogP contribution is -2.41. The Morgan fingerprint density at radius 3 is 2.78 bits per heavy atom. The second-order valence-corrected chi connectivity index (χ2v) is 5.11. The second kappa shape index (κ2) is 4.98. The van der Waals surface area contributed by atoms with Gasteiger partial charge in [-0.3, -0.25) is 4.79 Å². The second-order valence-electron chi connectivity index (χ2n) is 5.11. The molecule has 1 heterocycles. The minimum absolute atomic E-state index is 0.000803. The summed E-state index contributed by atoms with van der Waals surface area (Å²) in [6.45, 7) is 7.03. The number of nitrogens with one attached hydrogen (secondary N) is 2. The number of carbonyl (C=O) groups is 1. The third-order valence-electron chi connectivity index (χ3n) is 3.15. The summed E-state index contributed by atoms with van der Waals surface area (Å²) < 4.78 is 5.94. The maximum Gasteiger partial charge on any atom is 0.216 e. The fourth-order valence-electron chi connectivity index (χ4n) is 2.34. The summed E-state index contributed by atoms with van der Waals surface area (Å²) in [6, 6.07) is 8.23. The Balaban J connectivity index is 2.00. The molecule has 2 rings (SSSR count). The molecule has 0 saturated heterocycles. The van der Waals surface area contributed by atoms with Gasteiger partial charge in [0, 0.05) is 25.6 Å². The summed E-state index contributed by atoms with van der Waals surface area (Å²) in [5.41, 5.74) is 0.922. The number of fused-ring (bicyclic) bond motifs is 1. The lowest BCUT2D eigenvalue weighted by molar-refractivity contribution is -0.118. The molecule has 1 amide bonds. The summed E-state index contributed by atoms with van der Waals surface area (Å²) in [4.78, 5) is 10.8. The molecule has 2 N–H and O–H groups in total. The molecule has 1 unspecified atom stereocenters. The maximum atomic E-state index is 10.8. The largest absolute Gasteiger partial charge is 0.486 e. The van der Waals surface area contributed by atoms with Crippen LogP contribution in [0.15, 0.2) is 24.3 Å². The highest BCUT2D eigenvalue weighted by molar-refractivity contribution is 5.72. The summed E-state index contributed by atoms with van der Waals surface area (Å²) >= 11 is 0. The van der Waals surface area contributed by atoms with Crippen LogP contribution in [0.3, 0.4) is 0 Å². The van der Waals surface area contributed by atoms with E-state index in [0.29, 0.717) is 6.54 Å². The van der Waals surface area contributed by atoms with Gasteiger partial charge in [-0.2, -0.15) is 0 Å². The van der Waals surface area contributed by atoms with Gasteiger partial charge in [0.1, 0.15) is 11.4 Å². The topological polar surface area (TPSA) is 50.4 Å². The van der Waals surface area contributed by atoms with E-state index in [1.165, 1.54) is 12.5 Å². The van der Waals surface area contributed by atoms with E-state index < -0.39 is 0 Å². The quantitative estimate of drug-likeness (QED) is 0.796. The summed E-state index contributed by atoms with van der Waals surface area (Å²) in [5.74, 6) is 0.943. The Morgan fingerprint density at radius 2 is 2.06 bits per heavy atom. The summed E-state index contributed by atoms with van der Waals surface area (Å²) in [6.07, 6.45) is 0. The van der Waals surface area contributed by atoms with E-state index in [2.05, 4.69) is 30.5 Å². The van der Waals surface area contributed by atoms with Gasteiger partial charge in [-0.1, -0.05) is 18.2 Å². The first-order valence-electron chi connectivity index (χ1n) is 6.26. The van der Waals surface area contributed by atoms with Crippen LogP contribution in [0.4, 0.5) is 0 Å². The number of carbonyl (C=O) groups excluding carboxylic acids is 1. The van der Waals surface area contributed by atoms with Gasteiger partial charge in [0.2, 0.25) is 5.91 Å². The molecule has 0 fully saturated rings. The average molecular weight is 248 g/mol. The first-order chi connectivity index (χ1) is 8.50. The third kappa shape index (κ3) is 2.64. The zero-order chi connectivity index (χ0) is 13.2. The van der Waals surface area contributed by atoms with E-state index in [9.17, 15) is 4.79 Å². The van der Waals surface area contributed by atoms with Crippen molar-refractivity contribution >= 4 is 5.91 Å². The average Bonchev–Trinajstić information content (AvgIpc) is 2.54. The summed E-state index contributed by atoms with van der Waals surface area (Å²) in [7, 11) is 0. The van der Waals surface area contributed by atoms with Crippen molar-refractivity contribution in [2.24, 2.45) is 0 Å². The van der Waals surface area contributed by atoms with Gasteiger partial charge in [0.05, 0.1) is 6.04 Å². The summed E-state index contributed by atoms with van der Waals surface area (Å²) in [5, 5.41) is 6.22. The monoisotopic (exact) mass is 248 g/mol. The van der Waals surface area contributed by atoms with E-state index in [0.717, 1.165) is 12.3 Å². The van der Waals surface area contributed by atoms with Gasteiger partial charge in [-0.25, -0.2) is 0 Å². The number of hydrogen-bond acceptors (Lipinski definition) is 3. The predicted octanol–water partition coefficient (Wildman–Crippen LogP) is 1.62. The minimum Gasteiger partial charge on any atom is -0.486 e. The highest BCUT2D eigenvalue weighted by Crippen LogP contribution is 2.42. The van der Waals surface area contributed by atoms with Gasteiger partial charge in [-0.15, -0.1) is 0 Å². The van der Waals surface area contributed by atoms with Crippen molar-refractivity contribution in [2.45, 2.75) is 32.4 Å². The normalized spacial score (nSPS) is 20.1. The Labute approximate surface area is 108 Å². The first kappa shape index (κ1) is 12.9. The Bertz CT molecular complexity index is 443. The number of hydrogen-bond donors (Lipinski definition) is 2. The molecule has 0 aliphatic carbocycles. The highest BCUT2D eigenvalue weighted by Gasteiger charge is 2.40. The molecule has 0 spiro atoms. The van der Waals surface area contributed by atoms with Gasteiger partial charge < -0.3 is 15.4 Å². The van der Waals surface area contributed by atoms with Gasteiger partial charge >= 0.3 is 0 Å². The molecule has 0 aromatic heterocycles. The van der Waals surface area contributed by atoms with Crippen LogP contribution in [-0.2, 0) is 4.79 Å². The van der Waals surface area contributed by atoms with Crippen LogP contribution in [0.2, 0.25) is 0 Å². The van der Waals surface area contributed by atoms with Crippen molar-refractivity contribution in [3.05, 3.63) is 29.8 Å². The van der Waals surface area contributed by atoms with Crippen molar-refractivity contribution in [1.82, 2.24) is 10.6 Å². The van der Waals surface area contributed by atoms with Crippen LogP contribution in [0, 0.1) is 0 Å². The molecule has 1 aliphatic rings. The van der Waals surface area contributed by atoms with Gasteiger partial charge in [-0.05, 0) is 19.9 Å². The zero-order valence-corrected chi connectivity index (χ0v) is 11.1. The minimum atomic E-state index is -0.264. The van der Waals surface area contributed by atoms with Crippen LogP contribution in [0.25, 0.3) is 0 Å². The fourth-order valence-corrected chi connectivity index (χ4v) is 2.34. The fraction of sp³-hybridized carbons (Fsp3) is 0.500. The molecule has 4 nitrogen and oxygen atoms in total. The standard InChI is InChI=1S/C14H20N2O2/c1-10(17)15-8-9-16-13-11-6-4-5-7-12(11)18-14(13,2)3/h4-7,13,16H,8-9H2,1-3H3,(H,15,17). The molecule has 4 heteroatoms. The van der Waals surface area contributed by atoms with E-state index in [-0.39, 0.29) is 17.6 Å². The van der Waals surface area contributed by atoms with E-state index >= 15 is 0 Å². The Morgan fingerprint density at radius 1 is 1.33 bits per heavy atom. The molecule has 18 heavy (non-hydrogen) atoms. The third-order valence-corrected chi connectivity index (χ3v) is 3.15. The highest BCUT2D eigenvalue weighted by atomic mass is 16.5. The SMILES string of the molecule is CC(=O)NCCNC1c2ccccc2OC1(C)C. The number of rotatable bonds is 4. The van der Waals surface area contributed by atoms with E-state index in [1.807, 2.05) is 18.2 Å². The number of benzene rings is 1. The van der Waals surface area contributed by atoms with Crippen molar-refractivity contribution in [1.29, 1.82) is 0 Å². The number of ether oxygens (including phenoxy) is 1.